The average Bonchev–Trinajstić information content (AvgIpc) is 3.37. The fraction of sp³-hybridized carbons (Fsp3) is 0.0769. The van der Waals surface area contributed by atoms with E-state index in [4.69, 9.17) is 4.74 Å². The average molecular weight is 443 g/mol. The van der Waals surface area contributed by atoms with Gasteiger partial charge in [-0.2, -0.15) is 0 Å². The summed E-state index contributed by atoms with van der Waals surface area (Å²) >= 11 is 1.38. The minimum atomic E-state index is -0.335. The third-order valence-electron chi connectivity index (χ3n) is 4.76. The smallest absolute Gasteiger partial charge is 0.265 e. The maximum Gasteiger partial charge on any atom is 0.265 e. The normalized spacial score (nSPS) is 10.7. The highest BCUT2D eigenvalue weighted by atomic mass is 32.1. The zero-order valence-electron chi connectivity index (χ0n) is 17.2. The Hall–Kier alpha value is -3.74. The predicted octanol–water partition coefficient (Wildman–Crippen LogP) is 5.75. The summed E-state index contributed by atoms with van der Waals surface area (Å²) in [6.07, 6.45) is -0.335. The van der Waals surface area contributed by atoms with Crippen LogP contribution in [0.25, 0.3) is 0 Å². The summed E-state index contributed by atoms with van der Waals surface area (Å²) in [6.45, 7) is -0.0919. The van der Waals surface area contributed by atoms with E-state index in [2.05, 4.69) is 10.6 Å². The van der Waals surface area contributed by atoms with Crippen LogP contribution in [0.5, 0.6) is 0 Å². The highest BCUT2D eigenvalue weighted by Crippen LogP contribution is 2.25. The molecule has 0 bridgehead atoms. The maximum atomic E-state index is 12.5. The van der Waals surface area contributed by atoms with Crippen LogP contribution in [-0.4, -0.2) is 18.4 Å². The molecule has 32 heavy (non-hydrogen) atoms. The third kappa shape index (κ3) is 5.69. The Kier molecular flexibility index (Phi) is 7.07. The molecular formula is C26H22N2O3S. The first-order valence-corrected chi connectivity index (χ1v) is 11.0. The van der Waals surface area contributed by atoms with Crippen molar-refractivity contribution in [1.29, 1.82) is 0 Å². The van der Waals surface area contributed by atoms with Crippen molar-refractivity contribution in [2.75, 3.05) is 17.2 Å². The molecule has 2 N–H and O–H groups in total. The minimum Gasteiger partial charge on any atom is -0.359 e. The predicted molar refractivity (Wildman–Crippen MR) is 128 cm³/mol. The van der Waals surface area contributed by atoms with E-state index < -0.39 is 0 Å². The number of hydrogen-bond acceptors (Lipinski definition) is 4. The highest BCUT2D eigenvalue weighted by Gasteiger charge is 2.16. The fourth-order valence-corrected chi connectivity index (χ4v) is 3.85. The lowest BCUT2D eigenvalue weighted by atomic mass is 10.0. The topological polar surface area (TPSA) is 67.4 Å². The molecule has 6 heteroatoms. The van der Waals surface area contributed by atoms with Crippen LogP contribution in [0.15, 0.2) is 102 Å². The highest BCUT2D eigenvalue weighted by molar-refractivity contribution is 7.12. The van der Waals surface area contributed by atoms with Crippen molar-refractivity contribution in [3.63, 3.8) is 0 Å². The standard InChI is InChI=1S/C26H22N2O3S/c29-24(18-31-25(19-8-3-1-4-9-19)20-10-5-2-6-11-20)27-21-13-15-22(16-14-21)28-26(30)23-12-7-17-32-23/h1-17,25H,18H2,(H,27,29)(H,28,30). The van der Waals surface area contributed by atoms with Crippen molar-refractivity contribution >= 4 is 34.5 Å². The molecule has 0 radical (unpaired) electrons. The second kappa shape index (κ2) is 10.5. The number of carbonyl (C=O) groups excluding carboxylic acids is 2. The van der Waals surface area contributed by atoms with Gasteiger partial charge in [0.25, 0.3) is 5.91 Å². The summed E-state index contributed by atoms with van der Waals surface area (Å²) in [5, 5.41) is 7.53. The summed E-state index contributed by atoms with van der Waals surface area (Å²) in [7, 11) is 0. The van der Waals surface area contributed by atoms with Gasteiger partial charge in [0.15, 0.2) is 0 Å². The second-order valence-corrected chi connectivity index (χ2v) is 8.02. The Bertz CT molecular complexity index is 1110. The monoisotopic (exact) mass is 442 g/mol. The number of ether oxygens (including phenoxy) is 1. The molecule has 1 aromatic heterocycles. The van der Waals surface area contributed by atoms with Gasteiger partial charge >= 0.3 is 0 Å². The quantitative estimate of drug-likeness (QED) is 0.365. The van der Waals surface area contributed by atoms with E-state index in [1.165, 1.54) is 11.3 Å². The van der Waals surface area contributed by atoms with Gasteiger partial charge in [-0.25, -0.2) is 0 Å². The Morgan fingerprint density at radius 2 is 1.28 bits per heavy atom. The van der Waals surface area contributed by atoms with E-state index in [0.717, 1.165) is 11.1 Å². The van der Waals surface area contributed by atoms with Crippen molar-refractivity contribution in [3.05, 3.63) is 118 Å². The van der Waals surface area contributed by atoms with Gasteiger partial charge in [0, 0.05) is 11.4 Å². The van der Waals surface area contributed by atoms with Crippen LogP contribution in [-0.2, 0) is 9.53 Å². The molecule has 1 heterocycles. The maximum absolute atomic E-state index is 12.5. The zero-order chi connectivity index (χ0) is 22.2. The summed E-state index contributed by atoms with van der Waals surface area (Å²) < 4.78 is 6.00. The van der Waals surface area contributed by atoms with Crippen molar-refractivity contribution in [2.45, 2.75) is 6.10 Å². The van der Waals surface area contributed by atoms with Crippen LogP contribution in [0, 0.1) is 0 Å². The first-order valence-electron chi connectivity index (χ1n) is 10.2. The summed E-state index contributed by atoms with van der Waals surface area (Å²) in [5.41, 5.74) is 3.25. The molecule has 0 spiro atoms. The number of nitrogens with one attached hydrogen (secondary N) is 2. The van der Waals surface area contributed by atoms with Crippen LogP contribution in [0.1, 0.15) is 26.9 Å². The van der Waals surface area contributed by atoms with Gasteiger partial charge in [-0.1, -0.05) is 66.7 Å². The molecular weight excluding hydrogens is 420 g/mol. The summed E-state index contributed by atoms with van der Waals surface area (Å²) in [6, 6.07) is 30.2. The largest absolute Gasteiger partial charge is 0.359 e. The molecule has 4 aromatic rings. The van der Waals surface area contributed by atoms with Gasteiger partial charge in [-0.15, -0.1) is 11.3 Å². The molecule has 0 fully saturated rings. The number of amides is 2. The van der Waals surface area contributed by atoms with E-state index in [1.807, 2.05) is 72.1 Å². The molecule has 2 amide bonds. The number of thiophene rings is 1. The summed E-state index contributed by atoms with van der Waals surface area (Å²) in [5.74, 6) is -0.407. The third-order valence-corrected chi connectivity index (χ3v) is 5.63. The summed E-state index contributed by atoms with van der Waals surface area (Å²) in [4.78, 5) is 25.3. The molecule has 0 saturated carbocycles. The van der Waals surface area contributed by atoms with E-state index in [-0.39, 0.29) is 24.5 Å². The molecule has 0 saturated heterocycles. The Morgan fingerprint density at radius 3 is 1.81 bits per heavy atom. The zero-order valence-corrected chi connectivity index (χ0v) is 18.0. The van der Waals surface area contributed by atoms with E-state index in [0.29, 0.717) is 16.3 Å². The number of hydrogen-bond donors (Lipinski definition) is 2. The molecule has 3 aromatic carbocycles. The first kappa shape index (κ1) is 21.5. The van der Waals surface area contributed by atoms with Gasteiger partial charge in [0.2, 0.25) is 5.91 Å². The van der Waals surface area contributed by atoms with Crippen molar-refractivity contribution in [3.8, 4) is 0 Å². The lowest BCUT2D eigenvalue weighted by Crippen LogP contribution is -2.20. The van der Waals surface area contributed by atoms with Crippen molar-refractivity contribution in [1.82, 2.24) is 0 Å². The van der Waals surface area contributed by atoms with Gasteiger partial charge in [-0.05, 0) is 46.8 Å². The number of benzene rings is 3. The first-order chi connectivity index (χ1) is 15.7. The Balaban J connectivity index is 1.35. The lowest BCUT2D eigenvalue weighted by Gasteiger charge is -2.19. The van der Waals surface area contributed by atoms with E-state index >= 15 is 0 Å². The molecule has 0 unspecified atom stereocenters. The molecule has 0 aliphatic heterocycles. The molecule has 0 aliphatic rings. The fourth-order valence-electron chi connectivity index (χ4n) is 3.23. The minimum absolute atomic E-state index is 0.0919. The van der Waals surface area contributed by atoms with E-state index in [9.17, 15) is 9.59 Å². The Morgan fingerprint density at radius 1 is 0.719 bits per heavy atom. The van der Waals surface area contributed by atoms with Gasteiger partial charge in [-0.3, -0.25) is 9.59 Å². The van der Waals surface area contributed by atoms with Crippen LogP contribution in [0.2, 0.25) is 0 Å². The molecule has 0 atom stereocenters. The van der Waals surface area contributed by atoms with Crippen LogP contribution in [0.4, 0.5) is 11.4 Å². The number of carbonyl (C=O) groups is 2. The second-order valence-electron chi connectivity index (χ2n) is 7.07. The molecule has 160 valence electrons. The SMILES string of the molecule is O=C(COC(c1ccccc1)c1ccccc1)Nc1ccc(NC(=O)c2cccs2)cc1. The van der Waals surface area contributed by atoms with Crippen molar-refractivity contribution in [2.24, 2.45) is 0 Å². The Labute approximate surface area is 190 Å². The number of anilines is 2. The van der Waals surface area contributed by atoms with Gasteiger partial charge in [0.1, 0.15) is 12.7 Å². The van der Waals surface area contributed by atoms with Gasteiger partial charge in [0.05, 0.1) is 4.88 Å². The van der Waals surface area contributed by atoms with Gasteiger partial charge < -0.3 is 15.4 Å². The van der Waals surface area contributed by atoms with Crippen LogP contribution < -0.4 is 10.6 Å². The molecule has 0 aliphatic carbocycles. The van der Waals surface area contributed by atoms with E-state index in [1.54, 1.807) is 30.3 Å². The van der Waals surface area contributed by atoms with Crippen molar-refractivity contribution < 1.29 is 14.3 Å². The van der Waals surface area contributed by atoms with Crippen LogP contribution in [0.3, 0.4) is 0 Å². The molecule has 4 rings (SSSR count). The lowest BCUT2D eigenvalue weighted by molar-refractivity contribution is -0.121. The number of rotatable bonds is 8. The van der Waals surface area contributed by atoms with Crippen LogP contribution >= 0.6 is 11.3 Å². The molecule has 5 nitrogen and oxygen atoms in total.